The van der Waals surface area contributed by atoms with Crippen molar-refractivity contribution in [3.63, 3.8) is 0 Å². The van der Waals surface area contributed by atoms with Crippen LogP contribution >= 0.6 is 11.3 Å². The molecule has 2 N–H and O–H groups in total. The van der Waals surface area contributed by atoms with Gasteiger partial charge in [0.2, 0.25) is 0 Å². The number of amides is 2. The molecule has 3 heterocycles. The molecule has 0 aliphatic carbocycles. The molecule has 8 heteroatoms. The van der Waals surface area contributed by atoms with E-state index in [0.717, 1.165) is 25.3 Å². The van der Waals surface area contributed by atoms with E-state index in [0.29, 0.717) is 28.2 Å². The number of aromatic nitrogens is 1. The van der Waals surface area contributed by atoms with Crippen LogP contribution in [0.1, 0.15) is 46.9 Å². The van der Waals surface area contributed by atoms with Gasteiger partial charge in [0.05, 0.1) is 12.0 Å². The molecule has 0 saturated carbocycles. The molecule has 4 rings (SSSR count). The number of anilines is 2. The second-order valence-electron chi connectivity index (χ2n) is 8.25. The molecule has 0 unspecified atom stereocenters. The smallest absolute Gasteiger partial charge is 0.291 e. The van der Waals surface area contributed by atoms with Crippen LogP contribution < -0.4 is 10.6 Å². The Kier molecular flexibility index (Phi) is 6.48. The number of benzene rings is 1. The highest BCUT2D eigenvalue weighted by Crippen LogP contribution is 2.24. The fraction of sp³-hybridized carbons (Fsp3) is 0.348. The van der Waals surface area contributed by atoms with Crippen LogP contribution in [0.2, 0.25) is 0 Å². The van der Waals surface area contributed by atoms with Crippen molar-refractivity contribution in [2.24, 2.45) is 11.8 Å². The Bertz CT molecular complexity index is 1020. The average Bonchev–Trinajstić information content (AvgIpc) is 3.40. The molecule has 2 atom stereocenters. The minimum atomic E-state index is -0.338. The second-order valence-corrected chi connectivity index (χ2v) is 9.11. The highest BCUT2D eigenvalue weighted by molar-refractivity contribution is 7.14. The van der Waals surface area contributed by atoms with Crippen molar-refractivity contribution in [2.45, 2.75) is 26.8 Å². The Morgan fingerprint density at radius 2 is 1.84 bits per heavy atom. The summed E-state index contributed by atoms with van der Waals surface area (Å²) in [6.07, 6.45) is 2.72. The molecule has 0 spiro atoms. The molecule has 31 heavy (non-hydrogen) atoms. The second kappa shape index (κ2) is 9.45. The number of carbonyl (C=O) groups excluding carboxylic acids is 2. The maximum Gasteiger partial charge on any atom is 0.291 e. The van der Waals surface area contributed by atoms with Crippen molar-refractivity contribution in [1.29, 1.82) is 0 Å². The summed E-state index contributed by atoms with van der Waals surface area (Å²) in [7, 11) is 0. The number of furan rings is 1. The van der Waals surface area contributed by atoms with Crippen LogP contribution in [-0.4, -0.2) is 34.8 Å². The third-order valence-corrected chi connectivity index (χ3v) is 6.06. The molecule has 2 amide bonds. The zero-order chi connectivity index (χ0) is 21.8. The van der Waals surface area contributed by atoms with Crippen molar-refractivity contribution in [2.75, 3.05) is 23.7 Å². The maximum atomic E-state index is 12.6. The predicted molar refractivity (Wildman–Crippen MR) is 121 cm³/mol. The van der Waals surface area contributed by atoms with Gasteiger partial charge in [-0.15, -0.1) is 11.3 Å². The molecule has 7 nitrogen and oxygen atoms in total. The van der Waals surface area contributed by atoms with Crippen molar-refractivity contribution in [1.82, 2.24) is 9.88 Å². The molecule has 3 aromatic rings. The van der Waals surface area contributed by atoms with Crippen LogP contribution in [0.15, 0.2) is 52.5 Å². The highest BCUT2D eigenvalue weighted by Gasteiger charge is 2.22. The van der Waals surface area contributed by atoms with E-state index in [9.17, 15) is 9.59 Å². The summed E-state index contributed by atoms with van der Waals surface area (Å²) >= 11 is 1.44. The lowest BCUT2D eigenvalue weighted by Gasteiger charge is -2.34. The van der Waals surface area contributed by atoms with Gasteiger partial charge in [-0.3, -0.25) is 19.8 Å². The van der Waals surface area contributed by atoms with E-state index in [4.69, 9.17) is 4.42 Å². The highest BCUT2D eigenvalue weighted by atomic mass is 32.1. The molecule has 1 saturated heterocycles. The Balaban J connectivity index is 1.32. The molecule has 162 valence electrons. The lowest BCUT2D eigenvalue weighted by atomic mass is 9.92. The summed E-state index contributed by atoms with van der Waals surface area (Å²) in [4.78, 5) is 31.6. The van der Waals surface area contributed by atoms with Gasteiger partial charge in [-0.05, 0) is 54.7 Å². The fourth-order valence-corrected chi connectivity index (χ4v) is 4.76. The Morgan fingerprint density at radius 3 is 2.52 bits per heavy atom. The first kappa shape index (κ1) is 21.3. The van der Waals surface area contributed by atoms with Gasteiger partial charge in [0.15, 0.2) is 10.9 Å². The molecule has 0 radical (unpaired) electrons. The third kappa shape index (κ3) is 5.59. The quantitative estimate of drug-likeness (QED) is 0.582. The predicted octanol–water partition coefficient (Wildman–Crippen LogP) is 4.72. The van der Waals surface area contributed by atoms with Crippen LogP contribution in [-0.2, 0) is 6.54 Å². The molecular formula is C23H26N4O3S. The van der Waals surface area contributed by atoms with Crippen molar-refractivity contribution >= 4 is 34.0 Å². The van der Waals surface area contributed by atoms with Gasteiger partial charge in [0, 0.05) is 36.3 Å². The van der Waals surface area contributed by atoms with Gasteiger partial charge in [-0.25, -0.2) is 4.98 Å². The van der Waals surface area contributed by atoms with Crippen LogP contribution in [0.3, 0.4) is 0 Å². The monoisotopic (exact) mass is 438 g/mol. The van der Waals surface area contributed by atoms with Gasteiger partial charge >= 0.3 is 0 Å². The average molecular weight is 439 g/mol. The van der Waals surface area contributed by atoms with E-state index in [-0.39, 0.29) is 17.6 Å². The lowest BCUT2D eigenvalue weighted by Crippen LogP contribution is -2.38. The number of hydrogen-bond donors (Lipinski definition) is 2. The summed E-state index contributed by atoms with van der Waals surface area (Å²) in [6, 6.07) is 9.94. The molecule has 0 bridgehead atoms. The largest absolute Gasteiger partial charge is 0.459 e. The molecule has 2 aromatic heterocycles. The summed E-state index contributed by atoms with van der Waals surface area (Å²) in [5.41, 5.74) is 2.06. The molecular weight excluding hydrogens is 412 g/mol. The first-order chi connectivity index (χ1) is 15.0. The first-order valence-corrected chi connectivity index (χ1v) is 11.3. The van der Waals surface area contributed by atoms with Gasteiger partial charge in [-0.1, -0.05) is 13.8 Å². The molecule has 1 fully saturated rings. The van der Waals surface area contributed by atoms with Crippen LogP contribution in [0.4, 0.5) is 10.8 Å². The maximum absolute atomic E-state index is 12.6. The number of nitrogens with one attached hydrogen (secondary N) is 2. The van der Waals surface area contributed by atoms with E-state index < -0.39 is 0 Å². The van der Waals surface area contributed by atoms with Crippen molar-refractivity contribution in [3.05, 3.63) is 65.1 Å². The topological polar surface area (TPSA) is 87.5 Å². The minimum absolute atomic E-state index is 0.231. The zero-order valence-electron chi connectivity index (χ0n) is 17.6. The summed E-state index contributed by atoms with van der Waals surface area (Å²) in [5.74, 6) is 1.07. The van der Waals surface area contributed by atoms with Gasteiger partial charge in [0.25, 0.3) is 11.8 Å². The van der Waals surface area contributed by atoms with E-state index in [2.05, 4.69) is 34.4 Å². The van der Waals surface area contributed by atoms with Gasteiger partial charge in [-0.2, -0.15) is 0 Å². The number of likely N-dealkylation sites (tertiary alicyclic amines) is 1. The van der Waals surface area contributed by atoms with Crippen LogP contribution in [0.5, 0.6) is 0 Å². The van der Waals surface area contributed by atoms with Crippen molar-refractivity contribution < 1.29 is 14.0 Å². The normalized spacial score (nSPS) is 19.2. The van der Waals surface area contributed by atoms with Crippen LogP contribution in [0, 0.1) is 11.8 Å². The van der Waals surface area contributed by atoms with Gasteiger partial charge in [0.1, 0.15) is 0 Å². The van der Waals surface area contributed by atoms with E-state index >= 15 is 0 Å². The van der Waals surface area contributed by atoms with E-state index in [1.54, 1.807) is 36.4 Å². The third-order valence-electron chi connectivity index (χ3n) is 5.25. The summed E-state index contributed by atoms with van der Waals surface area (Å²) in [5, 5.41) is 8.19. The van der Waals surface area contributed by atoms with E-state index in [1.807, 2.05) is 5.38 Å². The Morgan fingerprint density at radius 1 is 1.10 bits per heavy atom. The SMILES string of the molecule is C[C@H]1C[C@H](C)CN(Cc2csc(NC(=O)c3ccc(NC(=O)c4ccco4)cc3)n2)C1. The number of thiazole rings is 1. The zero-order valence-corrected chi connectivity index (χ0v) is 18.4. The minimum Gasteiger partial charge on any atom is -0.459 e. The Hall–Kier alpha value is -2.97. The number of hydrogen-bond acceptors (Lipinski definition) is 6. The standard InChI is InChI=1S/C23H26N4O3S/c1-15-10-16(2)12-27(11-15)13-19-14-31-23(25-19)26-21(28)17-5-7-18(8-6-17)24-22(29)20-4-3-9-30-20/h3-9,14-16H,10-13H2,1-2H3,(H,24,29)(H,25,26,28)/t15-,16-/m0/s1. The molecule has 1 aromatic carbocycles. The molecule has 1 aliphatic heterocycles. The summed E-state index contributed by atoms with van der Waals surface area (Å²) in [6.45, 7) is 7.58. The van der Waals surface area contributed by atoms with E-state index in [1.165, 1.54) is 24.0 Å². The first-order valence-electron chi connectivity index (χ1n) is 10.4. The van der Waals surface area contributed by atoms with Crippen LogP contribution in [0.25, 0.3) is 0 Å². The van der Waals surface area contributed by atoms with Gasteiger partial charge < -0.3 is 9.73 Å². The number of nitrogens with zero attached hydrogens (tertiary/aromatic N) is 2. The fourth-order valence-electron chi connectivity index (χ4n) is 4.06. The number of carbonyl (C=O) groups is 2. The molecule has 1 aliphatic rings. The Labute approximate surface area is 185 Å². The van der Waals surface area contributed by atoms with Crippen molar-refractivity contribution in [3.8, 4) is 0 Å². The summed E-state index contributed by atoms with van der Waals surface area (Å²) < 4.78 is 5.07. The lowest BCUT2D eigenvalue weighted by molar-refractivity contribution is 0.0995. The number of piperidine rings is 1. The number of rotatable bonds is 6.